The first-order chi connectivity index (χ1) is 5.77. The van der Waals surface area contributed by atoms with Crippen molar-refractivity contribution in [2.45, 2.75) is 19.9 Å². The summed E-state index contributed by atoms with van der Waals surface area (Å²) in [5.74, 6) is 0. The van der Waals surface area contributed by atoms with Gasteiger partial charge in [0.15, 0.2) is 0 Å². The highest BCUT2D eigenvalue weighted by Gasteiger charge is 2.20. The molecule has 0 aliphatic carbocycles. The second kappa shape index (κ2) is 8.31. The van der Waals surface area contributed by atoms with Gasteiger partial charge in [0, 0.05) is 7.11 Å². The van der Waals surface area contributed by atoms with E-state index in [1.54, 1.807) is 7.11 Å². The summed E-state index contributed by atoms with van der Waals surface area (Å²) in [6.07, 6.45) is 0. The Morgan fingerprint density at radius 3 is 1.85 bits per heavy atom. The predicted molar refractivity (Wildman–Crippen MR) is 44.0 cm³/mol. The second-order valence-corrected chi connectivity index (χ2v) is 2.76. The van der Waals surface area contributed by atoms with Crippen molar-refractivity contribution in [1.29, 1.82) is 0 Å². The van der Waals surface area contributed by atoms with Crippen LogP contribution in [0.15, 0.2) is 0 Å². The lowest BCUT2D eigenvalue weighted by molar-refractivity contribution is -0.683. The molecular weight excluding hydrogens is 189 g/mol. The summed E-state index contributed by atoms with van der Waals surface area (Å²) < 4.78 is 43.9. The van der Waals surface area contributed by atoms with Gasteiger partial charge < -0.3 is 27.3 Å². The van der Waals surface area contributed by atoms with E-state index in [0.29, 0.717) is 6.04 Å². The predicted octanol–water partition coefficient (Wildman–Crippen LogP) is 0.905. The maximum Gasteiger partial charge on any atom is 0.673 e. The maximum atomic E-state index is 9.75. The molecule has 0 rings (SSSR count). The van der Waals surface area contributed by atoms with Crippen LogP contribution in [-0.4, -0.2) is 33.6 Å². The summed E-state index contributed by atoms with van der Waals surface area (Å²) >= 11 is 0. The van der Waals surface area contributed by atoms with Gasteiger partial charge in [0.05, 0.1) is 19.2 Å². The summed E-state index contributed by atoms with van der Waals surface area (Å²) in [4.78, 5) is 0. The van der Waals surface area contributed by atoms with E-state index in [1.807, 2.05) is 0 Å². The van der Waals surface area contributed by atoms with Crippen molar-refractivity contribution in [2.75, 3.05) is 20.3 Å². The van der Waals surface area contributed by atoms with Crippen molar-refractivity contribution in [3.05, 3.63) is 0 Å². The molecule has 7 heteroatoms. The summed E-state index contributed by atoms with van der Waals surface area (Å²) in [5.41, 5.74) is 0. The summed E-state index contributed by atoms with van der Waals surface area (Å²) in [6, 6.07) is 0.699. The fraction of sp³-hybridized carbons (Fsp3) is 1.00. The molecule has 0 fully saturated rings. The Kier molecular flexibility index (Phi) is 9.71. The van der Waals surface area contributed by atoms with Gasteiger partial charge in [0.1, 0.15) is 0 Å². The first-order valence-electron chi connectivity index (χ1n) is 3.97. The third kappa shape index (κ3) is 49.8. The molecule has 0 aliphatic rings. The van der Waals surface area contributed by atoms with Crippen molar-refractivity contribution in [3.8, 4) is 0 Å². The Balaban J connectivity index is 0. The van der Waals surface area contributed by atoms with Crippen LogP contribution in [-0.2, 0) is 4.74 Å². The average Bonchev–Trinajstić information content (AvgIpc) is 1.83. The van der Waals surface area contributed by atoms with Crippen LogP contribution in [0.3, 0.4) is 0 Å². The topological polar surface area (TPSA) is 25.8 Å². The molecule has 0 aromatic carbocycles. The molecule has 13 heavy (non-hydrogen) atoms. The smallest absolute Gasteiger partial charge is 0.418 e. The average molecular weight is 205 g/mol. The number of methoxy groups -OCH3 is 1. The van der Waals surface area contributed by atoms with E-state index >= 15 is 0 Å². The van der Waals surface area contributed by atoms with Crippen LogP contribution >= 0.6 is 0 Å². The van der Waals surface area contributed by atoms with Gasteiger partial charge in [0.2, 0.25) is 0 Å². The standard InChI is InChI=1S/C6H15NO.BF4/c1-6(2)7-4-5-8-3;2-1(3,4)5/h6-7H,4-5H2,1-3H3;/q;-1/p+1. The van der Waals surface area contributed by atoms with Gasteiger partial charge in [-0.3, -0.25) is 0 Å². The van der Waals surface area contributed by atoms with Gasteiger partial charge in [-0.15, -0.1) is 0 Å². The zero-order valence-electron chi connectivity index (χ0n) is 8.07. The third-order valence-electron chi connectivity index (χ3n) is 0.960. The number of rotatable bonds is 4. The minimum Gasteiger partial charge on any atom is -0.418 e. The molecule has 0 saturated heterocycles. The number of hydrogen-bond acceptors (Lipinski definition) is 1. The second-order valence-electron chi connectivity index (χ2n) is 2.76. The molecule has 0 bridgehead atoms. The molecule has 0 saturated carbocycles. The van der Waals surface area contributed by atoms with Crippen molar-refractivity contribution in [2.24, 2.45) is 0 Å². The fourth-order valence-corrected chi connectivity index (χ4v) is 0.519. The number of quaternary nitrogens is 1. The first-order valence-corrected chi connectivity index (χ1v) is 3.97. The summed E-state index contributed by atoms with van der Waals surface area (Å²) in [6.45, 7) is 6.29. The normalized spacial score (nSPS) is 11.1. The Morgan fingerprint density at radius 2 is 1.62 bits per heavy atom. The zero-order chi connectivity index (χ0) is 10.9. The molecule has 82 valence electrons. The molecule has 0 aromatic heterocycles. The molecule has 0 spiro atoms. The quantitative estimate of drug-likeness (QED) is 0.412. The number of halogens is 4. The number of nitrogens with two attached hydrogens (primary N) is 1. The SMILES string of the molecule is COCC[NH2+]C(C)C.F[B-](F)(F)F. The molecular formula is C6H16BF4NO. The molecule has 0 aliphatic heterocycles. The Hall–Kier alpha value is -0.295. The van der Waals surface area contributed by atoms with E-state index in [-0.39, 0.29) is 0 Å². The third-order valence-corrected chi connectivity index (χ3v) is 0.960. The number of hydrogen-bond donors (Lipinski definition) is 1. The van der Waals surface area contributed by atoms with Crippen LogP contribution in [0.4, 0.5) is 17.3 Å². The van der Waals surface area contributed by atoms with E-state index < -0.39 is 7.25 Å². The lowest BCUT2D eigenvalue weighted by atomic mass is 10.3. The molecule has 0 aromatic rings. The minimum absolute atomic E-state index is 0.699. The van der Waals surface area contributed by atoms with Crippen LogP contribution in [0, 0.1) is 0 Å². The molecule has 2 nitrogen and oxygen atoms in total. The lowest BCUT2D eigenvalue weighted by Crippen LogP contribution is -2.89. The van der Waals surface area contributed by atoms with Crippen molar-refractivity contribution < 1.29 is 27.3 Å². The van der Waals surface area contributed by atoms with Gasteiger partial charge in [0.25, 0.3) is 0 Å². The first kappa shape index (κ1) is 15.2. The number of ether oxygens (including phenoxy) is 1. The van der Waals surface area contributed by atoms with Gasteiger partial charge in [-0.2, -0.15) is 0 Å². The van der Waals surface area contributed by atoms with Gasteiger partial charge in [-0.1, -0.05) is 0 Å². The highest BCUT2D eigenvalue weighted by Crippen LogP contribution is 2.06. The van der Waals surface area contributed by atoms with Gasteiger partial charge >= 0.3 is 7.25 Å². The molecule has 0 atom stereocenters. The Morgan fingerprint density at radius 1 is 1.23 bits per heavy atom. The highest BCUT2D eigenvalue weighted by atomic mass is 19.5. The van der Waals surface area contributed by atoms with E-state index in [2.05, 4.69) is 19.2 Å². The van der Waals surface area contributed by atoms with Crippen LogP contribution in [0.2, 0.25) is 0 Å². The monoisotopic (exact) mass is 205 g/mol. The fourth-order valence-electron chi connectivity index (χ4n) is 0.519. The molecule has 0 radical (unpaired) electrons. The Labute approximate surface area is 75.8 Å². The summed E-state index contributed by atoms with van der Waals surface area (Å²) in [5, 5.41) is 2.25. The van der Waals surface area contributed by atoms with Crippen molar-refractivity contribution in [1.82, 2.24) is 0 Å². The zero-order valence-corrected chi connectivity index (χ0v) is 8.07. The molecule has 0 unspecified atom stereocenters. The highest BCUT2D eigenvalue weighted by molar-refractivity contribution is 6.50. The lowest BCUT2D eigenvalue weighted by Gasteiger charge is -2.02. The molecule has 2 N–H and O–H groups in total. The van der Waals surface area contributed by atoms with E-state index in [0.717, 1.165) is 13.2 Å². The van der Waals surface area contributed by atoms with E-state index in [9.17, 15) is 17.3 Å². The van der Waals surface area contributed by atoms with Gasteiger partial charge in [-0.05, 0) is 13.8 Å². The van der Waals surface area contributed by atoms with Crippen molar-refractivity contribution in [3.63, 3.8) is 0 Å². The van der Waals surface area contributed by atoms with Crippen LogP contribution < -0.4 is 5.32 Å². The van der Waals surface area contributed by atoms with Crippen LogP contribution in [0.1, 0.15) is 13.8 Å². The van der Waals surface area contributed by atoms with Crippen LogP contribution in [0.5, 0.6) is 0 Å². The van der Waals surface area contributed by atoms with Gasteiger partial charge in [-0.25, -0.2) is 0 Å². The van der Waals surface area contributed by atoms with E-state index in [1.165, 1.54) is 0 Å². The Bertz CT molecular complexity index is 103. The largest absolute Gasteiger partial charge is 0.673 e. The van der Waals surface area contributed by atoms with E-state index in [4.69, 9.17) is 4.74 Å². The maximum absolute atomic E-state index is 9.75. The summed E-state index contributed by atoms with van der Waals surface area (Å²) in [7, 11) is -4.27. The van der Waals surface area contributed by atoms with Crippen molar-refractivity contribution >= 4 is 7.25 Å². The minimum atomic E-state index is -6.00. The van der Waals surface area contributed by atoms with Crippen LogP contribution in [0.25, 0.3) is 0 Å². The molecule has 0 heterocycles. The molecule has 0 amide bonds.